The minimum absolute atomic E-state index is 0.205. The van der Waals surface area contributed by atoms with Gasteiger partial charge in [-0.15, -0.1) is 0 Å². The number of rotatable bonds is 6. The molecule has 0 N–H and O–H groups in total. The molecule has 0 radical (unpaired) electrons. The summed E-state index contributed by atoms with van der Waals surface area (Å²) >= 11 is 0. The Morgan fingerprint density at radius 2 is 2.17 bits per heavy atom. The van der Waals surface area contributed by atoms with Crippen molar-refractivity contribution in [2.75, 3.05) is 26.3 Å². The molecule has 0 saturated carbocycles. The highest BCUT2D eigenvalue weighted by atomic mass is 16.5. The van der Waals surface area contributed by atoms with E-state index >= 15 is 0 Å². The van der Waals surface area contributed by atoms with Crippen LogP contribution in [-0.2, 0) is 4.74 Å². The Bertz CT molecular complexity index is 596. The lowest BCUT2D eigenvalue weighted by atomic mass is 9.97. The number of oxazole rings is 1. The molecule has 124 valence electrons. The van der Waals surface area contributed by atoms with Gasteiger partial charge in [-0.2, -0.15) is 0 Å². The van der Waals surface area contributed by atoms with Crippen molar-refractivity contribution in [2.24, 2.45) is 5.92 Å². The number of aromatic nitrogens is 1. The lowest BCUT2D eigenvalue weighted by Crippen LogP contribution is -2.38. The molecule has 0 amide bonds. The maximum atomic E-state index is 6.02. The second-order valence-corrected chi connectivity index (χ2v) is 6.27. The maximum absolute atomic E-state index is 6.02. The van der Waals surface area contributed by atoms with E-state index in [4.69, 9.17) is 9.15 Å². The average Bonchev–Trinajstić information content (AvgIpc) is 3.10. The van der Waals surface area contributed by atoms with Crippen LogP contribution >= 0.6 is 0 Å². The average molecular weight is 314 g/mol. The molecule has 1 aromatic carbocycles. The van der Waals surface area contributed by atoms with Gasteiger partial charge < -0.3 is 9.15 Å². The molecule has 1 fully saturated rings. The molecule has 23 heavy (non-hydrogen) atoms. The summed E-state index contributed by atoms with van der Waals surface area (Å²) in [5, 5.41) is 0. The number of hydrogen-bond acceptors (Lipinski definition) is 4. The normalized spacial score (nSPS) is 20.5. The molecule has 0 bridgehead atoms. The standard InChI is InChI=1S/C19H26N2O2/c1-3-22-14-16-8-7-11-21(13-16)15(2)19-20-12-18(23-19)17-9-5-4-6-10-17/h4-6,9-10,12,15-16H,3,7-8,11,13-14H2,1-2H3/t15-,16-/m0/s1. The highest BCUT2D eigenvalue weighted by molar-refractivity contribution is 5.55. The molecule has 0 unspecified atom stereocenters. The molecule has 1 aromatic heterocycles. The first-order valence-electron chi connectivity index (χ1n) is 8.61. The van der Waals surface area contributed by atoms with Crippen molar-refractivity contribution < 1.29 is 9.15 Å². The van der Waals surface area contributed by atoms with Crippen molar-refractivity contribution in [1.29, 1.82) is 0 Å². The van der Waals surface area contributed by atoms with E-state index in [1.54, 1.807) is 0 Å². The van der Waals surface area contributed by atoms with Crippen LogP contribution in [0.1, 0.15) is 38.6 Å². The molecule has 1 aliphatic heterocycles. The third-order valence-electron chi connectivity index (χ3n) is 4.60. The molecule has 1 saturated heterocycles. The fraction of sp³-hybridized carbons (Fsp3) is 0.526. The molecule has 2 aromatic rings. The van der Waals surface area contributed by atoms with Crippen LogP contribution in [0.25, 0.3) is 11.3 Å². The zero-order valence-electron chi connectivity index (χ0n) is 14.1. The van der Waals surface area contributed by atoms with Gasteiger partial charge in [-0.05, 0) is 39.2 Å². The largest absolute Gasteiger partial charge is 0.439 e. The Kier molecular flexibility index (Phi) is 5.47. The Morgan fingerprint density at radius 1 is 1.35 bits per heavy atom. The molecule has 4 nitrogen and oxygen atoms in total. The monoisotopic (exact) mass is 314 g/mol. The van der Waals surface area contributed by atoms with Crippen LogP contribution in [0.4, 0.5) is 0 Å². The smallest absolute Gasteiger partial charge is 0.211 e. The van der Waals surface area contributed by atoms with Crippen molar-refractivity contribution >= 4 is 0 Å². The summed E-state index contributed by atoms with van der Waals surface area (Å²) in [7, 11) is 0. The van der Waals surface area contributed by atoms with Crippen molar-refractivity contribution in [3.63, 3.8) is 0 Å². The van der Waals surface area contributed by atoms with Gasteiger partial charge in [0.05, 0.1) is 18.8 Å². The fourth-order valence-corrected chi connectivity index (χ4v) is 3.24. The van der Waals surface area contributed by atoms with E-state index in [2.05, 4.69) is 23.7 Å². The van der Waals surface area contributed by atoms with E-state index in [1.807, 2.05) is 36.5 Å². The van der Waals surface area contributed by atoms with Crippen LogP contribution < -0.4 is 0 Å². The summed E-state index contributed by atoms with van der Waals surface area (Å²) in [5.41, 5.74) is 1.08. The molecule has 4 heteroatoms. The molecule has 2 heterocycles. The van der Waals surface area contributed by atoms with Gasteiger partial charge in [-0.3, -0.25) is 4.90 Å². The summed E-state index contributed by atoms with van der Waals surface area (Å²) in [6.45, 7) is 8.06. The zero-order valence-corrected chi connectivity index (χ0v) is 14.1. The Morgan fingerprint density at radius 3 is 2.96 bits per heavy atom. The fourth-order valence-electron chi connectivity index (χ4n) is 3.24. The first-order valence-corrected chi connectivity index (χ1v) is 8.61. The molecule has 0 aliphatic carbocycles. The van der Waals surface area contributed by atoms with E-state index in [0.29, 0.717) is 5.92 Å². The summed E-state index contributed by atoms with van der Waals surface area (Å²) in [6, 6.07) is 10.3. The Balaban J connectivity index is 1.66. The van der Waals surface area contributed by atoms with E-state index in [0.717, 1.165) is 43.5 Å². The van der Waals surface area contributed by atoms with Gasteiger partial charge in [-0.1, -0.05) is 30.3 Å². The van der Waals surface area contributed by atoms with Crippen molar-refractivity contribution in [3.05, 3.63) is 42.4 Å². The summed E-state index contributed by atoms with van der Waals surface area (Å²) in [6.07, 6.45) is 4.31. The van der Waals surface area contributed by atoms with Gasteiger partial charge >= 0.3 is 0 Å². The van der Waals surface area contributed by atoms with Crippen LogP contribution in [0.2, 0.25) is 0 Å². The minimum atomic E-state index is 0.205. The van der Waals surface area contributed by atoms with Gasteiger partial charge in [-0.25, -0.2) is 4.98 Å². The van der Waals surface area contributed by atoms with E-state index in [1.165, 1.54) is 12.8 Å². The number of nitrogens with zero attached hydrogens (tertiary/aromatic N) is 2. The van der Waals surface area contributed by atoms with Crippen LogP contribution in [-0.4, -0.2) is 36.2 Å². The number of benzene rings is 1. The molecule has 0 spiro atoms. The topological polar surface area (TPSA) is 38.5 Å². The van der Waals surface area contributed by atoms with Gasteiger partial charge in [0.25, 0.3) is 0 Å². The van der Waals surface area contributed by atoms with Crippen LogP contribution in [0, 0.1) is 5.92 Å². The lowest BCUT2D eigenvalue weighted by molar-refractivity contribution is 0.0489. The number of likely N-dealkylation sites (tertiary alicyclic amines) is 1. The van der Waals surface area contributed by atoms with E-state index in [9.17, 15) is 0 Å². The molecular weight excluding hydrogens is 288 g/mol. The molecule has 3 rings (SSSR count). The van der Waals surface area contributed by atoms with Crippen LogP contribution in [0.15, 0.2) is 40.9 Å². The first kappa shape index (κ1) is 16.2. The van der Waals surface area contributed by atoms with Gasteiger partial charge in [0.2, 0.25) is 5.89 Å². The van der Waals surface area contributed by atoms with Crippen LogP contribution in [0.3, 0.4) is 0 Å². The summed E-state index contributed by atoms with van der Waals surface area (Å²) in [5.74, 6) is 2.27. The third-order valence-corrected chi connectivity index (χ3v) is 4.60. The van der Waals surface area contributed by atoms with Crippen LogP contribution in [0.5, 0.6) is 0 Å². The highest BCUT2D eigenvalue weighted by Crippen LogP contribution is 2.29. The SMILES string of the molecule is CCOC[C@H]1CCCN([C@@H](C)c2ncc(-c3ccccc3)o2)C1. The van der Waals surface area contributed by atoms with E-state index < -0.39 is 0 Å². The zero-order chi connectivity index (χ0) is 16.1. The van der Waals surface area contributed by atoms with Crippen molar-refractivity contribution in [2.45, 2.75) is 32.7 Å². The number of ether oxygens (including phenoxy) is 1. The predicted molar refractivity (Wildman–Crippen MR) is 91.1 cm³/mol. The van der Waals surface area contributed by atoms with Crippen molar-refractivity contribution in [1.82, 2.24) is 9.88 Å². The number of piperidine rings is 1. The third kappa shape index (κ3) is 4.01. The number of hydrogen-bond donors (Lipinski definition) is 0. The lowest BCUT2D eigenvalue weighted by Gasteiger charge is -2.35. The summed E-state index contributed by atoms with van der Waals surface area (Å²) < 4.78 is 11.6. The minimum Gasteiger partial charge on any atom is -0.439 e. The summed E-state index contributed by atoms with van der Waals surface area (Å²) in [4.78, 5) is 6.98. The predicted octanol–water partition coefficient (Wildman–Crippen LogP) is 4.15. The molecule has 1 aliphatic rings. The van der Waals surface area contributed by atoms with Gasteiger partial charge in [0.1, 0.15) is 0 Å². The Hall–Kier alpha value is -1.65. The maximum Gasteiger partial charge on any atom is 0.211 e. The van der Waals surface area contributed by atoms with Gasteiger partial charge in [0, 0.05) is 18.7 Å². The first-order chi connectivity index (χ1) is 11.3. The quantitative estimate of drug-likeness (QED) is 0.803. The highest BCUT2D eigenvalue weighted by Gasteiger charge is 2.27. The molecule has 2 atom stereocenters. The second kappa shape index (κ2) is 7.75. The Labute approximate surface area is 138 Å². The van der Waals surface area contributed by atoms with Gasteiger partial charge in [0.15, 0.2) is 5.76 Å². The van der Waals surface area contributed by atoms with E-state index in [-0.39, 0.29) is 6.04 Å². The second-order valence-electron chi connectivity index (χ2n) is 6.27. The van der Waals surface area contributed by atoms with Crippen molar-refractivity contribution in [3.8, 4) is 11.3 Å². The molecular formula is C19H26N2O2.